The Labute approximate surface area is 129 Å². The monoisotopic (exact) mass is 335 g/mol. The third kappa shape index (κ3) is 4.18. The van der Waals surface area contributed by atoms with E-state index in [9.17, 15) is 0 Å². The van der Waals surface area contributed by atoms with Gasteiger partial charge in [0.2, 0.25) is 0 Å². The molecule has 4 heteroatoms. The Kier molecular flexibility index (Phi) is 5.80. The van der Waals surface area contributed by atoms with Gasteiger partial charge in [0.05, 0.1) is 11.7 Å². The molecule has 0 saturated heterocycles. The van der Waals surface area contributed by atoms with Gasteiger partial charge in [0.1, 0.15) is 0 Å². The Balaban J connectivity index is 1.85. The minimum Gasteiger partial charge on any atom is -0.307 e. The SMILES string of the molecule is CCC(CC)n1ccc(CNCc2cccc(Br)c2)n1. The van der Waals surface area contributed by atoms with E-state index in [1.54, 1.807) is 0 Å². The minimum atomic E-state index is 0.522. The van der Waals surface area contributed by atoms with Crippen molar-refractivity contribution in [2.24, 2.45) is 0 Å². The van der Waals surface area contributed by atoms with E-state index >= 15 is 0 Å². The normalized spacial score (nSPS) is 11.2. The van der Waals surface area contributed by atoms with Crippen LogP contribution in [0.3, 0.4) is 0 Å². The first-order valence-corrected chi connectivity index (χ1v) is 8.01. The molecule has 0 bridgehead atoms. The molecule has 0 amide bonds. The summed E-state index contributed by atoms with van der Waals surface area (Å²) in [4.78, 5) is 0. The molecule has 0 aliphatic heterocycles. The molecule has 1 aromatic carbocycles. The summed E-state index contributed by atoms with van der Waals surface area (Å²) in [7, 11) is 0. The molecule has 0 saturated carbocycles. The predicted molar refractivity (Wildman–Crippen MR) is 86.5 cm³/mol. The topological polar surface area (TPSA) is 29.9 Å². The third-order valence-electron chi connectivity index (χ3n) is 3.50. The molecule has 20 heavy (non-hydrogen) atoms. The number of hydrogen-bond donors (Lipinski definition) is 1. The molecule has 0 fully saturated rings. The fourth-order valence-electron chi connectivity index (χ4n) is 2.32. The summed E-state index contributed by atoms with van der Waals surface area (Å²) < 4.78 is 3.21. The van der Waals surface area contributed by atoms with Gasteiger partial charge in [0, 0.05) is 23.8 Å². The second-order valence-corrected chi connectivity index (χ2v) is 5.91. The summed E-state index contributed by atoms with van der Waals surface area (Å²) in [5, 5.41) is 8.08. The van der Waals surface area contributed by atoms with E-state index in [0.29, 0.717) is 6.04 Å². The van der Waals surface area contributed by atoms with Crippen LogP contribution in [0.25, 0.3) is 0 Å². The number of nitrogens with one attached hydrogen (secondary N) is 1. The van der Waals surface area contributed by atoms with Gasteiger partial charge < -0.3 is 5.32 Å². The maximum Gasteiger partial charge on any atom is 0.0762 e. The zero-order chi connectivity index (χ0) is 14.4. The van der Waals surface area contributed by atoms with Crippen molar-refractivity contribution < 1.29 is 0 Å². The summed E-state index contributed by atoms with van der Waals surface area (Å²) in [6, 6.07) is 11.0. The van der Waals surface area contributed by atoms with Crippen molar-refractivity contribution in [3.8, 4) is 0 Å². The number of rotatable bonds is 7. The average Bonchev–Trinajstić information content (AvgIpc) is 2.89. The van der Waals surface area contributed by atoms with Gasteiger partial charge in [-0.05, 0) is 36.6 Å². The third-order valence-corrected chi connectivity index (χ3v) is 4.00. The number of benzene rings is 1. The van der Waals surface area contributed by atoms with E-state index in [1.165, 1.54) is 5.56 Å². The van der Waals surface area contributed by atoms with Crippen molar-refractivity contribution in [1.29, 1.82) is 0 Å². The Morgan fingerprint density at radius 2 is 2.00 bits per heavy atom. The summed E-state index contributed by atoms with van der Waals surface area (Å²) in [6.07, 6.45) is 4.35. The van der Waals surface area contributed by atoms with Crippen LogP contribution in [0.1, 0.15) is 44.0 Å². The Morgan fingerprint density at radius 1 is 1.20 bits per heavy atom. The summed E-state index contributed by atoms with van der Waals surface area (Å²) in [6.45, 7) is 6.08. The van der Waals surface area contributed by atoms with Gasteiger partial charge in [0.15, 0.2) is 0 Å². The highest BCUT2D eigenvalue weighted by molar-refractivity contribution is 9.10. The first-order chi connectivity index (χ1) is 9.72. The number of nitrogens with zero attached hydrogens (tertiary/aromatic N) is 2. The van der Waals surface area contributed by atoms with E-state index in [4.69, 9.17) is 0 Å². The molecule has 0 aliphatic rings. The van der Waals surface area contributed by atoms with Crippen molar-refractivity contribution in [2.45, 2.75) is 45.8 Å². The van der Waals surface area contributed by atoms with E-state index in [2.05, 4.69) is 75.3 Å². The van der Waals surface area contributed by atoms with Crippen molar-refractivity contribution in [1.82, 2.24) is 15.1 Å². The minimum absolute atomic E-state index is 0.522. The lowest BCUT2D eigenvalue weighted by Crippen LogP contribution is -2.14. The second kappa shape index (κ2) is 7.60. The molecule has 0 atom stereocenters. The van der Waals surface area contributed by atoms with Gasteiger partial charge in [-0.15, -0.1) is 0 Å². The van der Waals surface area contributed by atoms with Crippen LogP contribution < -0.4 is 5.32 Å². The van der Waals surface area contributed by atoms with Gasteiger partial charge in [-0.2, -0.15) is 5.10 Å². The molecule has 2 aromatic rings. The molecule has 1 aromatic heterocycles. The summed E-state index contributed by atoms with van der Waals surface area (Å²) in [5.74, 6) is 0. The van der Waals surface area contributed by atoms with Gasteiger partial charge in [-0.1, -0.05) is 41.9 Å². The van der Waals surface area contributed by atoms with Crippen LogP contribution in [-0.2, 0) is 13.1 Å². The van der Waals surface area contributed by atoms with Crippen LogP contribution in [0.15, 0.2) is 41.0 Å². The molecule has 0 aliphatic carbocycles. The lowest BCUT2D eigenvalue weighted by Gasteiger charge is -2.12. The van der Waals surface area contributed by atoms with Crippen molar-refractivity contribution in [2.75, 3.05) is 0 Å². The smallest absolute Gasteiger partial charge is 0.0762 e. The highest BCUT2D eigenvalue weighted by Crippen LogP contribution is 2.14. The fraction of sp³-hybridized carbons (Fsp3) is 0.438. The number of aromatic nitrogens is 2. The van der Waals surface area contributed by atoms with Crippen LogP contribution in [-0.4, -0.2) is 9.78 Å². The van der Waals surface area contributed by atoms with Crippen LogP contribution in [0.4, 0.5) is 0 Å². The molecule has 2 rings (SSSR count). The molecular formula is C16H22BrN3. The standard InChI is InChI=1S/C16H22BrN3/c1-3-16(4-2)20-9-8-15(19-20)12-18-11-13-6-5-7-14(17)10-13/h5-10,16,18H,3-4,11-12H2,1-2H3. The molecular weight excluding hydrogens is 314 g/mol. The fourth-order valence-corrected chi connectivity index (χ4v) is 2.77. The van der Waals surface area contributed by atoms with Crippen LogP contribution in [0.5, 0.6) is 0 Å². The average molecular weight is 336 g/mol. The van der Waals surface area contributed by atoms with Crippen molar-refractivity contribution >= 4 is 15.9 Å². The van der Waals surface area contributed by atoms with Crippen LogP contribution >= 0.6 is 15.9 Å². The van der Waals surface area contributed by atoms with E-state index in [-0.39, 0.29) is 0 Å². The number of hydrogen-bond acceptors (Lipinski definition) is 2. The van der Waals surface area contributed by atoms with E-state index < -0.39 is 0 Å². The Hall–Kier alpha value is -1.13. The molecule has 1 N–H and O–H groups in total. The largest absolute Gasteiger partial charge is 0.307 e. The van der Waals surface area contributed by atoms with Gasteiger partial charge in [-0.3, -0.25) is 4.68 Å². The van der Waals surface area contributed by atoms with Gasteiger partial charge >= 0.3 is 0 Å². The first kappa shape index (κ1) is 15.3. The highest BCUT2D eigenvalue weighted by Gasteiger charge is 2.07. The first-order valence-electron chi connectivity index (χ1n) is 7.22. The Morgan fingerprint density at radius 3 is 2.70 bits per heavy atom. The lowest BCUT2D eigenvalue weighted by atomic mass is 10.2. The molecule has 0 radical (unpaired) electrons. The zero-order valence-electron chi connectivity index (χ0n) is 12.1. The van der Waals surface area contributed by atoms with Crippen LogP contribution in [0.2, 0.25) is 0 Å². The quantitative estimate of drug-likeness (QED) is 0.817. The molecule has 3 nitrogen and oxygen atoms in total. The molecule has 1 heterocycles. The van der Waals surface area contributed by atoms with Crippen LogP contribution in [0, 0.1) is 0 Å². The second-order valence-electron chi connectivity index (χ2n) is 4.99. The lowest BCUT2D eigenvalue weighted by molar-refractivity contribution is 0.424. The summed E-state index contributed by atoms with van der Waals surface area (Å²) in [5.41, 5.74) is 2.38. The molecule has 0 unspecified atom stereocenters. The highest BCUT2D eigenvalue weighted by atomic mass is 79.9. The van der Waals surface area contributed by atoms with Gasteiger partial charge in [0.25, 0.3) is 0 Å². The van der Waals surface area contributed by atoms with E-state index in [0.717, 1.165) is 36.1 Å². The molecule has 0 spiro atoms. The maximum absolute atomic E-state index is 4.65. The Bertz CT molecular complexity index is 532. The maximum atomic E-state index is 4.65. The molecule has 108 valence electrons. The summed E-state index contributed by atoms with van der Waals surface area (Å²) >= 11 is 3.49. The number of halogens is 1. The zero-order valence-corrected chi connectivity index (χ0v) is 13.7. The van der Waals surface area contributed by atoms with Crippen molar-refractivity contribution in [3.05, 3.63) is 52.3 Å². The van der Waals surface area contributed by atoms with E-state index in [1.807, 2.05) is 6.07 Å². The van der Waals surface area contributed by atoms with Crippen molar-refractivity contribution in [3.63, 3.8) is 0 Å². The predicted octanol–water partition coefficient (Wildman–Crippen LogP) is 4.30. The van der Waals surface area contributed by atoms with Gasteiger partial charge in [-0.25, -0.2) is 0 Å².